The molecule has 0 N–H and O–H groups in total. The Morgan fingerprint density at radius 1 is 0.833 bits per heavy atom. The lowest BCUT2D eigenvalue weighted by Crippen LogP contribution is -2.36. The third-order valence-electron chi connectivity index (χ3n) is 5.49. The summed E-state index contributed by atoms with van der Waals surface area (Å²) in [7, 11) is 0. The van der Waals surface area contributed by atoms with Gasteiger partial charge in [-0.1, -0.05) is 79.9 Å². The molecule has 2 fully saturated rings. The normalized spacial score (nSPS) is 25.8. The Morgan fingerprint density at radius 2 is 1.50 bits per heavy atom. The van der Waals surface area contributed by atoms with Crippen LogP contribution >= 0.6 is 0 Å². The molecule has 4 rings (SSSR count). The van der Waals surface area contributed by atoms with Gasteiger partial charge in [0.2, 0.25) is 0 Å². The first kappa shape index (κ1) is 15.9. The van der Waals surface area contributed by atoms with Crippen molar-refractivity contribution in [3.63, 3.8) is 0 Å². The molecule has 126 valence electrons. The molecule has 2 atom stereocenters. The van der Waals surface area contributed by atoms with Crippen LogP contribution in [-0.4, -0.2) is 17.2 Å². The maximum absolute atomic E-state index is 6.51. The smallest absolute Gasteiger partial charge is 0.0852 e. The van der Waals surface area contributed by atoms with Crippen molar-refractivity contribution in [2.75, 3.05) is 0 Å². The molecule has 24 heavy (non-hydrogen) atoms. The predicted molar refractivity (Wildman–Crippen MR) is 97.5 cm³/mol. The molecular weight excluding hydrogens is 294 g/mol. The molecule has 0 radical (unpaired) electrons. The molecule has 1 saturated heterocycles. The largest absolute Gasteiger partial charge is 0.294 e. The van der Waals surface area contributed by atoms with E-state index in [0.717, 1.165) is 12.8 Å². The van der Waals surface area contributed by atoms with Crippen LogP contribution in [0.1, 0.15) is 55.7 Å². The molecule has 2 aliphatic rings. The van der Waals surface area contributed by atoms with Gasteiger partial charge in [-0.15, -0.1) is 0 Å². The molecule has 2 aromatic carbocycles. The SMILES string of the molecule is c1ccc(CC2CC(c3ccccc3)N(C3CCCCC3)O2)cc1. The van der Waals surface area contributed by atoms with Gasteiger partial charge in [0.15, 0.2) is 0 Å². The average Bonchev–Trinajstić information content (AvgIpc) is 3.08. The summed E-state index contributed by atoms with van der Waals surface area (Å²) in [6, 6.07) is 22.7. The first-order valence-electron chi connectivity index (χ1n) is 9.44. The Bertz CT molecular complexity index is 621. The van der Waals surface area contributed by atoms with Crippen LogP contribution in [0, 0.1) is 0 Å². The molecular formula is C22H27NO. The van der Waals surface area contributed by atoms with E-state index < -0.39 is 0 Å². The van der Waals surface area contributed by atoms with E-state index >= 15 is 0 Å². The highest BCUT2D eigenvalue weighted by Gasteiger charge is 2.38. The lowest BCUT2D eigenvalue weighted by Gasteiger charge is -2.34. The molecule has 0 bridgehead atoms. The van der Waals surface area contributed by atoms with Crippen LogP contribution in [0.4, 0.5) is 0 Å². The van der Waals surface area contributed by atoms with Crippen molar-refractivity contribution < 1.29 is 4.84 Å². The topological polar surface area (TPSA) is 12.5 Å². The molecule has 0 amide bonds. The lowest BCUT2D eigenvalue weighted by molar-refractivity contribution is -0.195. The quantitative estimate of drug-likeness (QED) is 0.757. The third kappa shape index (κ3) is 3.55. The molecule has 0 spiro atoms. The number of hydrogen-bond acceptors (Lipinski definition) is 2. The maximum atomic E-state index is 6.51. The van der Waals surface area contributed by atoms with Crippen molar-refractivity contribution in [2.24, 2.45) is 0 Å². The van der Waals surface area contributed by atoms with E-state index in [1.807, 2.05) is 0 Å². The fourth-order valence-corrected chi connectivity index (χ4v) is 4.27. The van der Waals surface area contributed by atoms with E-state index in [0.29, 0.717) is 18.2 Å². The van der Waals surface area contributed by atoms with E-state index in [2.05, 4.69) is 65.7 Å². The summed E-state index contributed by atoms with van der Waals surface area (Å²) < 4.78 is 0. The molecule has 1 aliphatic carbocycles. The van der Waals surface area contributed by atoms with Crippen LogP contribution < -0.4 is 0 Å². The average molecular weight is 321 g/mol. The zero-order chi connectivity index (χ0) is 16.2. The first-order chi connectivity index (χ1) is 11.9. The fraction of sp³-hybridized carbons (Fsp3) is 0.455. The van der Waals surface area contributed by atoms with Crippen LogP contribution in [0.2, 0.25) is 0 Å². The highest BCUT2D eigenvalue weighted by Crippen LogP contribution is 2.40. The van der Waals surface area contributed by atoms with Gasteiger partial charge in [0, 0.05) is 12.5 Å². The summed E-state index contributed by atoms with van der Waals surface area (Å²) in [5.74, 6) is 0. The van der Waals surface area contributed by atoms with Gasteiger partial charge in [-0.3, -0.25) is 4.84 Å². The van der Waals surface area contributed by atoms with Crippen LogP contribution in [0.5, 0.6) is 0 Å². The highest BCUT2D eigenvalue weighted by atomic mass is 16.7. The Balaban J connectivity index is 1.53. The predicted octanol–water partition coefficient (Wildman–Crippen LogP) is 5.31. The van der Waals surface area contributed by atoms with Gasteiger partial charge in [0.25, 0.3) is 0 Å². The van der Waals surface area contributed by atoms with Gasteiger partial charge in [-0.05, 0) is 30.4 Å². The minimum atomic E-state index is 0.291. The molecule has 2 heteroatoms. The van der Waals surface area contributed by atoms with Crippen molar-refractivity contribution >= 4 is 0 Å². The second kappa shape index (κ2) is 7.50. The highest BCUT2D eigenvalue weighted by molar-refractivity contribution is 5.21. The van der Waals surface area contributed by atoms with Gasteiger partial charge >= 0.3 is 0 Å². The number of nitrogens with zero attached hydrogens (tertiary/aromatic N) is 1. The van der Waals surface area contributed by atoms with E-state index in [4.69, 9.17) is 4.84 Å². The zero-order valence-corrected chi connectivity index (χ0v) is 14.3. The summed E-state index contributed by atoms with van der Waals surface area (Å²) in [5, 5.41) is 2.36. The Labute approximate surface area is 145 Å². The Hall–Kier alpha value is -1.64. The Kier molecular flexibility index (Phi) is 4.96. The zero-order valence-electron chi connectivity index (χ0n) is 14.3. The molecule has 1 saturated carbocycles. The summed E-state index contributed by atoms with van der Waals surface area (Å²) >= 11 is 0. The lowest BCUT2D eigenvalue weighted by atomic mass is 9.92. The molecule has 2 nitrogen and oxygen atoms in total. The monoisotopic (exact) mass is 321 g/mol. The van der Waals surface area contributed by atoms with E-state index in [1.165, 1.54) is 43.2 Å². The maximum Gasteiger partial charge on any atom is 0.0852 e. The summed E-state index contributed by atoms with van der Waals surface area (Å²) in [6.45, 7) is 0. The number of hydroxylamine groups is 2. The number of benzene rings is 2. The van der Waals surface area contributed by atoms with E-state index in [9.17, 15) is 0 Å². The van der Waals surface area contributed by atoms with Gasteiger partial charge in [0.1, 0.15) is 0 Å². The van der Waals surface area contributed by atoms with Gasteiger partial charge in [-0.2, -0.15) is 5.06 Å². The van der Waals surface area contributed by atoms with E-state index in [-0.39, 0.29) is 0 Å². The standard InChI is InChI=1S/C22H27NO/c1-4-10-18(11-5-1)16-21-17-22(19-12-6-2-7-13-19)23(24-21)20-14-8-3-9-15-20/h1-2,4-7,10-13,20-22H,3,8-9,14-17H2. The first-order valence-corrected chi connectivity index (χ1v) is 9.44. The summed E-state index contributed by atoms with van der Waals surface area (Å²) in [6.07, 6.45) is 9.02. The van der Waals surface area contributed by atoms with Crippen molar-refractivity contribution in [1.82, 2.24) is 5.06 Å². The Morgan fingerprint density at radius 3 is 2.21 bits per heavy atom. The van der Waals surface area contributed by atoms with Crippen LogP contribution in [0.15, 0.2) is 60.7 Å². The minimum absolute atomic E-state index is 0.291. The van der Waals surface area contributed by atoms with Gasteiger partial charge < -0.3 is 0 Å². The summed E-state index contributed by atoms with van der Waals surface area (Å²) in [4.78, 5) is 6.51. The third-order valence-corrected chi connectivity index (χ3v) is 5.49. The van der Waals surface area contributed by atoms with Crippen LogP contribution in [0.25, 0.3) is 0 Å². The summed E-state index contributed by atoms with van der Waals surface area (Å²) in [5.41, 5.74) is 2.78. The second-order valence-corrected chi connectivity index (χ2v) is 7.23. The molecule has 2 aromatic rings. The fourth-order valence-electron chi connectivity index (χ4n) is 4.27. The van der Waals surface area contributed by atoms with E-state index in [1.54, 1.807) is 0 Å². The molecule has 1 aliphatic heterocycles. The van der Waals surface area contributed by atoms with Gasteiger partial charge in [-0.25, -0.2) is 0 Å². The molecule has 0 aromatic heterocycles. The van der Waals surface area contributed by atoms with Crippen LogP contribution in [0.3, 0.4) is 0 Å². The van der Waals surface area contributed by atoms with Gasteiger partial charge in [0.05, 0.1) is 12.1 Å². The molecule has 1 heterocycles. The van der Waals surface area contributed by atoms with Crippen molar-refractivity contribution in [1.29, 1.82) is 0 Å². The van der Waals surface area contributed by atoms with Crippen LogP contribution in [-0.2, 0) is 11.3 Å². The van der Waals surface area contributed by atoms with Crippen molar-refractivity contribution in [3.05, 3.63) is 71.8 Å². The van der Waals surface area contributed by atoms with Crippen molar-refractivity contribution in [2.45, 2.75) is 63.1 Å². The number of hydrogen-bond donors (Lipinski definition) is 0. The second-order valence-electron chi connectivity index (χ2n) is 7.23. The number of rotatable bonds is 4. The minimum Gasteiger partial charge on any atom is -0.294 e. The van der Waals surface area contributed by atoms with Crippen molar-refractivity contribution in [3.8, 4) is 0 Å². The molecule has 2 unspecified atom stereocenters.